The lowest BCUT2D eigenvalue weighted by molar-refractivity contribution is -0.384. The van der Waals surface area contributed by atoms with E-state index in [4.69, 9.17) is 0 Å². The zero-order valence-corrected chi connectivity index (χ0v) is 11.4. The summed E-state index contributed by atoms with van der Waals surface area (Å²) in [6.07, 6.45) is 0. The van der Waals surface area contributed by atoms with Gasteiger partial charge in [0, 0.05) is 29.7 Å². The first-order chi connectivity index (χ1) is 7.84. The minimum absolute atomic E-state index is 0.0358. The van der Waals surface area contributed by atoms with E-state index in [-0.39, 0.29) is 17.6 Å². The van der Waals surface area contributed by atoms with Crippen LogP contribution < -0.4 is 0 Å². The first-order valence-corrected chi connectivity index (χ1v) is 5.85. The lowest BCUT2D eigenvalue weighted by Crippen LogP contribution is -2.33. The lowest BCUT2D eigenvalue weighted by Gasteiger charge is -2.21. The summed E-state index contributed by atoms with van der Waals surface area (Å²) in [5.74, 6) is -0.240. The Hall–Kier alpha value is -1.43. The molecule has 1 rings (SSSR count). The lowest BCUT2D eigenvalue weighted by atomic mass is 10.1. The normalized spacial score (nSPS) is 10.4. The van der Waals surface area contributed by atoms with Crippen LogP contribution in [0, 0.1) is 10.1 Å². The summed E-state index contributed by atoms with van der Waals surface area (Å²) in [6.45, 7) is 3.76. The van der Waals surface area contributed by atoms with E-state index in [9.17, 15) is 14.9 Å². The van der Waals surface area contributed by atoms with Crippen molar-refractivity contribution in [3.63, 3.8) is 0 Å². The molecule has 0 saturated carbocycles. The zero-order valence-electron chi connectivity index (χ0n) is 9.81. The van der Waals surface area contributed by atoms with Crippen molar-refractivity contribution in [3.05, 3.63) is 38.3 Å². The molecule has 0 fully saturated rings. The molecular formula is C11H13BrN2O3. The van der Waals surface area contributed by atoms with Gasteiger partial charge in [-0.1, -0.05) is 0 Å². The quantitative estimate of drug-likeness (QED) is 0.637. The number of rotatable bonds is 3. The highest BCUT2D eigenvalue weighted by Crippen LogP contribution is 2.24. The molecule has 0 aliphatic carbocycles. The van der Waals surface area contributed by atoms with Gasteiger partial charge in [0.05, 0.1) is 10.5 Å². The van der Waals surface area contributed by atoms with Crippen molar-refractivity contribution in [3.8, 4) is 0 Å². The molecular weight excluding hydrogens is 288 g/mol. The summed E-state index contributed by atoms with van der Waals surface area (Å²) in [5, 5.41) is 10.7. The number of hydrogen-bond donors (Lipinski definition) is 0. The predicted octanol–water partition coefficient (Wildman–Crippen LogP) is 2.84. The Morgan fingerprint density at radius 3 is 2.53 bits per heavy atom. The van der Waals surface area contributed by atoms with E-state index in [0.717, 1.165) is 0 Å². The largest absolute Gasteiger partial charge is 0.339 e. The second-order valence-corrected chi connectivity index (χ2v) is 4.79. The van der Waals surface area contributed by atoms with Gasteiger partial charge in [0.15, 0.2) is 0 Å². The molecule has 0 heterocycles. The highest BCUT2D eigenvalue weighted by atomic mass is 79.9. The number of nitro groups is 1. The molecule has 0 bridgehead atoms. The van der Waals surface area contributed by atoms with E-state index < -0.39 is 4.92 Å². The van der Waals surface area contributed by atoms with Gasteiger partial charge in [-0.2, -0.15) is 0 Å². The van der Waals surface area contributed by atoms with Crippen LogP contribution in [0.1, 0.15) is 24.2 Å². The topological polar surface area (TPSA) is 63.5 Å². The second-order valence-electron chi connectivity index (χ2n) is 3.93. The molecule has 0 atom stereocenters. The Bertz CT molecular complexity index is 460. The molecule has 5 nitrogen and oxygen atoms in total. The van der Waals surface area contributed by atoms with Crippen molar-refractivity contribution in [1.82, 2.24) is 4.90 Å². The van der Waals surface area contributed by atoms with E-state index in [1.807, 2.05) is 13.8 Å². The average molecular weight is 301 g/mol. The van der Waals surface area contributed by atoms with Crippen LogP contribution in [0.25, 0.3) is 0 Å². The molecule has 0 spiro atoms. The number of amides is 1. The monoisotopic (exact) mass is 300 g/mol. The van der Waals surface area contributed by atoms with E-state index >= 15 is 0 Å². The number of nitrogens with zero attached hydrogens (tertiary/aromatic N) is 2. The summed E-state index contributed by atoms with van der Waals surface area (Å²) in [6, 6.07) is 4.19. The van der Waals surface area contributed by atoms with Crippen LogP contribution >= 0.6 is 15.9 Å². The Morgan fingerprint density at radius 2 is 2.06 bits per heavy atom. The Balaban J connectivity index is 3.17. The minimum atomic E-state index is -0.515. The van der Waals surface area contributed by atoms with Crippen LogP contribution in [0.15, 0.2) is 22.7 Å². The van der Waals surface area contributed by atoms with Crippen LogP contribution in [0.2, 0.25) is 0 Å². The number of halogens is 1. The third-order valence-corrected chi connectivity index (χ3v) is 3.18. The van der Waals surface area contributed by atoms with Crippen LogP contribution in [-0.4, -0.2) is 28.8 Å². The fourth-order valence-corrected chi connectivity index (χ4v) is 1.63. The van der Waals surface area contributed by atoms with E-state index in [2.05, 4.69) is 15.9 Å². The fraction of sp³-hybridized carbons (Fsp3) is 0.364. The highest BCUT2D eigenvalue weighted by Gasteiger charge is 2.20. The summed E-state index contributed by atoms with van der Waals surface area (Å²) in [7, 11) is 1.66. The zero-order chi connectivity index (χ0) is 13.2. The van der Waals surface area contributed by atoms with Crippen molar-refractivity contribution >= 4 is 27.5 Å². The molecule has 0 saturated heterocycles. The first-order valence-electron chi connectivity index (χ1n) is 5.05. The van der Waals surface area contributed by atoms with Crippen LogP contribution in [-0.2, 0) is 0 Å². The molecule has 0 aliphatic rings. The van der Waals surface area contributed by atoms with Gasteiger partial charge >= 0.3 is 0 Å². The van der Waals surface area contributed by atoms with Crippen molar-refractivity contribution in [1.29, 1.82) is 0 Å². The molecule has 0 aliphatic heterocycles. The molecule has 1 aromatic carbocycles. The van der Waals surface area contributed by atoms with E-state index in [0.29, 0.717) is 10.0 Å². The van der Waals surface area contributed by atoms with Crippen LogP contribution in [0.5, 0.6) is 0 Å². The number of carbonyl (C=O) groups is 1. The van der Waals surface area contributed by atoms with Gasteiger partial charge in [-0.15, -0.1) is 0 Å². The first kappa shape index (κ1) is 13.6. The van der Waals surface area contributed by atoms with Crippen molar-refractivity contribution in [2.45, 2.75) is 19.9 Å². The maximum absolute atomic E-state index is 12.1. The Labute approximate surface area is 108 Å². The van der Waals surface area contributed by atoms with Gasteiger partial charge in [-0.05, 0) is 35.8 Å². The molecule has 17 heavy (non-hydrogen) atoms. The number of benzene rings is 1. The van der Waals surface area contributed by atoms with Gasteiger partial charge in [0.1, 0.15) is 0 Å². The molecule has 0 unspecified atom stereocenters. The molecule has 92 valence electrons. The maximum atomic E-state index is 12.1. The number of non-ortho nitro benzene ring substituents is 1. The maximum Gasteiger partial charge on any atom is 0.270 e. The second kappa shape index (κ2) is 5.27. The molecule has 0 aromatic heterocycles. The Kier molecular flexibility index (Phi) is 4.22. The third-order valence-electron chi connectivity index (χ3n) is 2.49. The number of nitro benzene ring substituents is 1. The average Bonchev–Trinajstić information content (AvgIpc) is 2.27. The summed E-state index contributed by atoms with van der Waals surface area (Å²) < 4.78 is 0.556. The smallest absolute Gasteiger partial charge is 0.270 e. The van der Waals surface area contributed by atoms with Gasteiger partial charge in [-0.25, -0.2) is 0 Å². The summed E-state index contributed by atoms with van der Waals surface area (Å²) in [4.78, 5) is 23.7. The van der Waals surface area contributed by atoms with Crippen molar-refractivity contribution < 1.29 is 9.72 Å². The molecule has 6 heteroatoms. The van der Waals surface area contributed by atoms with Crippen molar-refractivity contribution in [2.75, 3.05) is 7.05 Å². The predicted molar refractivity (Wildman–Crippen MR) is 68.0 cm³/mol. The highest BCUT2D eigenvalue weighted by molar-refractivity contribution is 9.10. The van der Waals surface area contributed by atoms with Gasteiger partial charge in [-0.3, -0.25) is 14.9 Å². The summed E-state index contributed by atoms with van der Waals surface area (Å²) in [5.41, 5.74) is 0.212. The van der Waals surface area contributed by atoms with Gasteiger partial charge < -0.3 is 4.90 Å². The molecule has 0 N–H and O–H groups in total. The van der Waals surface area contributed by atoms with Gasteiger partial charge in [0.2, 0.25) is 0 Å². The number of carbonyl (C=O) groups excluding carboxylic acids is 1. The third kappa shape index (κ3) is 3.03. The van der Waals surface area contributed by atoms with E-state index in [1.165, 1.54) is 23.1 Å². The minimum Gasteiger partial charge on any atom is -0.339 e. The van der Waals surface area contributed by atoms with Crippen LogP contribution in [0.3, 0.4) is 0 Å². The fourth-order valence-electron chi connectivity index (χ4n) is 1.22. The standard InChI is InChI=1S/C11H13BrN2O3/c1-7(2)13(3)11(15)9-6-8(14(16)17)4-5-10(9)12/h4-7H,1-3H3. The molecule has 1 amide bonds. The SMILES string of the molecule is CC(C)N(C)C(=O)c1cc([N+](=O)[O-])ccc1Br. The molecule has 1 aromatic rings. The number of hydrogen-bond acceptors (Lipinski definition) is 3. The van der Waals surface area contributed by atoms with Crippen molar-refractivity contribution in [2.24, 2.45) is 0 Å². The van der Waals surface area contributed by atoms with Gasteiger partial charge in [0.25, 0.3) is 11.6 Å². The Morgan fingerprint density at radius 1 is 1.47 bits per heavy atom. The van der Waals surface area contributed by atoms with E-state index in [1.54, 1.807) is 7.05 Å². The summed E-state index contributed by atoms with van der Waals surface area (Å²) >= 11 is 3.23. The van der Waals surface area contributed by atoms with Crippen LogP contribution in [0.4, 0.5) is 5.69 Å². The molecule has 0 radical (unpaired) electrons.